The van der Waals surface area contributed by atoms with Crippen LogP contribution in [0.15, 0.2) is 93.8 Å². The summed E-state index contributed by atoms with van der Waals surface area (Å²) in [5.41, 5.74) is 2.73. The second kappa shape index (κ2) is 6.16. The van der Waals surface area contributed by atoms with Crippen LogP contribution in [-0.2, 0) is 8.85 Å². The number of hydrogen-bond acceptors (Lipinski definition) is 2. The zero-order valence-corrected chi connectivity index (χ0v) is 17.2. The van der Waals surface area contributed by atoms with E-state index in [1.165, 1.54) is 21.5 Å². The molecule has 4 aliphatic rings. The molecule has 0 aliphatic heterocycles. The maximum Gasteiger partial charge on any atom is 0.340 e. The molecule has 0 bridgehead atoms. The van der Waals surface area contributed by atoms with Crippen LogP contribution in [0.25, 0.3) is 0 Å². The van der Waals surface area contributed by atoms with E-state index in [1.807, 2.05) is 12.2 Å². The summed E-state index contributed by atoms with van der Waals surface area (Å²) in [4.78, 5) is 0. The van der Waals surface area contributed by atoms with Crippen LogP contribution in [0.4, 0.5) is 0 Å². The summed E-state index contributed by atoms with van der Waals surface area (Å²) in [5.74, 6) is 2.33. The Morgan fingerprint density at radius 1 is 0.760 bits per heavy atom. The Labute approximate surface area is 156 Å². The van der Waals surface area contributed by atoms with Gasteiger partial charge in [-0.05, 0) is 23.3 Å². The molecular formula is C20H18O2Si3. The Hall–Kier alpha value is -1.83. The summed E-state index contributed by atoms with van der Waals surface area (Å²) in [6.07, 6.45) is 21.8. The third-order valence-electron chi connectivity index (χ3n) is 5.47. The minimum atomic E-state index is -1.85. The summed E-state index contributed by atoms with van der Waals surface area (Å²) in [6.45, 7) is 4.86. The molecule has 5 heteroatoms. The van der Waals surface area contributed by atoms with Gasteiger partial charge in [0, 0.05) is 0 Å². The van der Waals surface area contributed by atoms with Crippen LogP contribution in [0.1, 0.15) is 0 Å². The van der Waals surface area contributed by atoms with Crippen molar-refractivity contribution < 1.29 is 8.85 Å². The molecule has 0 aromatic rings. The van der Waals surface area contributed by atoms with E-state index in [2.05, 4.69) is 82.7 Å². The minimum absolute atomic E-state index is 0.221. The van der Waals surface area contributed by atoms with Crippen molar-refractivity contribution in [1.29, 1.82) is 0 Å². The van der Waals surface area contributed by atoms with E-state index in [0.717, 1.165) is 11.5 Å². The number of hydrogen-bond donors (Lipinski definition) is 0. The summed E-state index contributed by atoms with van der Waals surface area (Å²) >= 11 is 0. The van der Waals surface area contributed by atoms with Gasteiger partial charge in [0.25, 0.3) is 0 Å². The van der Waals surface area contributed by atoms with Gasteiger partial charge < -0.3 is 8.85 Å². The lowest BCUT2D eigenvalue weighted by molar-refractivity contribution is 0.426. The Bertz CT molecular complexity index is 793. The largest absolute Gasteiger partial charge is 0.543 e. The normalized spacial score (nSPS) is 26.7. The van der Waals surface area contributed by atoms with Crippen molar-refractivity contribution in [3.05, 3.63) is 93.8 Å². The van der Waals surface area contributed by atoms with E-state index in [1.54, 1.807) is 0 Å². The van der Waals surface area contributed by atoms with Gasteiger partial charge in [-0.1, -0.05) is 72.1 Å². The SMILES string of the molecule is C[Si](C)(C1=C2C=CC=C(O[Si])C2C=C1)C1=C2C=CC=C(O[Si])C2C=C1. The lowest BCUT2D eigenvalue weighted by Gasteiger charge is -2.29. The van der Waals surface area contributed by atoms with Crippen LogP contribution < -0.4 is 0 Å². The topological polar surface area (TPSA) is 18.5 Å². The van der Waals surface area contributed by atoms with Crippen molar-refractivity contribution in [2.75, 3.05) is 0 Å². The van der Waals surface area contributed by atoms with Gasteiger partial charge in [-0.25, -0.2) is 0 Å². The van der Waals surface area contributed by atoms with Gasteiger partial charge >= 0.3 is 21.0 Å². The first-order chi connectivity index (χ1) is 12.1. The average molecular weight is 375 g/mol. The van der Waals surface area contributed by atoms with Gasteiger partial charge in [0.1, 0.15) is 8.07 Å². The highest BCUT2D eigenvalue weighted by molar-refractivity contribution is 6.92. The minimum Gasteiger partial charge on any atom is -0.543 e. The Balaban J connectivity index is 1.77. The summed E-state index contributed by atoms with van der Waals surface area (Å²) in [5, 5.41) is 2.94. The van der Waals surface area contributed by atoms with E-state index >= 15 is 0 Å². The second-order valence-corrected chi connectivity index (χ2v) is 11.8. The maximum absolute atomic E-state index is 5.38. The van der Waals surface area contributed by atoms with Crippen LogP contribution in [0.3, 0.4) is 0 Å². The smallest absolute Gasteiger partial charge is 0.340 e. The molecule has 0 saturated carbocycles. The molecule has 6 radical (unpaired) electrons. The molecular weight excluding hydrogens is 356 g/mol. The molecule has 2 nitrogen and oxygen atoms in total. The highest BCUT2D eigenvalue weighted by Gasteiger charge is 2.39. The van der Waals surface area contributed by atoms with Crippen LogP contribution in [0.2, 0.25) is 13.1 Å². The fourth-order valence-electron chi connectivity index (χ4n) is 4.18. The fraction of sp³-hybridized carbons (Fsp3) is 0.200. The highest BCUT2D eigenvalue weighted by atomic mass is 28.3. The zero-order chi connectivity index (χ0) is 17.6. The lowest BCUT2D eigenvalue weighted by atomic mass is 9.96. The van der Waals surface area contributed by atoms with Gasteiger partial charge in [-0.15, -0.1) is 0 Å². The first kappa shape index (κ1) is 16.6. The molecule has 25 heavy (non-hydrogen) atoms. The molecule has 0 amide bonds. The van der Waals surface area contributed by atoms with E-state index in [-0.39, 0.29) is 11.8 Å². The second-order valence-electron chi connectivity index (χ2n) is 7.10. The van der Waals surface area contributed by atoms with Crippen LogP contribution in [0, 0.1) is 11.8 Å². The number of allylic oxidation sites excluding steroid dienone is 12. The molecule has 4 rings (SSSR count). The van der Waals surface area contributed by atoms with Gasteiger partial charge in [-0.2, -0.15) is 0 Å². The van der Waals surface area contributed by atoms with Crippen molar-refractivity contribution >= 4 is 29.0 Å². The molecule has 0 aromatic carbocycles. The Morgan fingerprint density at radius 2 is 1.20 bits per heavy atom. The summed E-state index contributed by atoms with van der Waals surface area (Å²) < 4.78 is 10.8. The molecule has 0 spiro atoms. The molecule has 0 fully saturated rings. The predicted molar refractivity (Wildman–Crippen MR) is 105 cm³/mol. The molecule has 122 valence electrons. The van der Waals surface area contributed by atoms with Crippen LogP contribution in [0.5, 0.6) is 0 Å². The van der Waals surface area contributed by atoms with Gasteiger partial charge in [0.2, 0.25) is 0 Å². The molecule has 0 N–H and O–H groups in total. The Morgan fingerprint density at radius 3 is 1.60 bits per heavy atom. The molecule has 0 heterocycles. The van der Waals surface area contributed by atoms with Crippen molar-refractivity contribution in [3.63, 3.8) is 0 Å². The lowest BCUT2D eigenvalue weighted by Crippen LogP contribution is -2.32. The van der Waals surface area contributed by atoms with Crippen molar-refractivity contribution in [1.82, 2.24) is 0 Å². The van der Waals surface area contributed by atoms with E-state index in [0.29, 0.717) is 0 Å². The standard InChI is InChI=1S/C20H18O2Si3/c1-25(2,19-11-9-13-15(19)5-3-7-17(13)21-23)20-12-10-14-16(20)6-4-8-18(14)22-24/h3-14H,1-2H3. The Kier molecular flexibility index (Phi) is 4.10. The third kappa shape index (κ3) is 2.49. The van der Waals surface area contributed by atoms with Gasteiger partial charge in [0.05, 0.1) is 23.4 Å². The quantitative estimate of drug-likeness (QED) is 0.696. The molecule has 2 atom stereocenters. The zero-order valence-electron chi connectivity index (χ0n) is 14.2. The van der Waals surface area contributed by atoms with Crippen molar-refractivity contribution in [3.8, 4) is 0 Å². The van der Waals surface area contributed by atoms with Crippen molar-refractivity contribution in [2.24, 2.45) is 11.8 Å². The van der Waals surface area contributed by atoms with E-state index in [4.69, 9.17) is 8.85 Å². The van der Waals surface area contributed by atoms with Crippen LogP contribution >= 0.6 is 0 Å². The average Bonchev–Trinajstić information content (AvgIpc) is 3.25. The predicted octanol–water partition coefficient (Wildman–Crippen LogP) is 3.85. The summed E-state index contributed by atoms with van der Waals surface area (Å²) in [6, 6.07) is 0. The van der Waals surface area contributed by atoms with Gasteiger partial charge in [0.15, 0.2) is 0 Å². The summed E-state index contributed by atoms with van der Waals surface area (Å²) in [7, 11) is 4.54. The van der Waals surface area contributed by atoms with Crippen LogP contribution in [-0.4, -0.2) is 29.0 Å². The first-order valence-corrected chi connectivity index (χ1v) is 12.2. The first-order valence-electron chi connectivity index (χ1n) is 8.37. The van der Waals surface area contributed by atoms with Crippen molar-refractivity contribution in [2.45, 2.75) is 13.1 Å². The number of fused-ring (bicyclic) bond motifs is 2. The number of rotatable bonds is 4. The molecule has 0 aromatic heterocycles. The molecule has 4 aliphatic carbocycles. The highest BCUT2D eigenvalue weighted by Crippen LogP contribution is 2.45. The molecule has 0 saturated heterocycles. The van der Waals surface area contributed by atoms with Gasteiger partial charge in [-0.3, -0.25) is 0 Å². The third-order valence-corrected chi connectivity index (χ3v) is 9.55. The fourth-order valence-corrected chi connectivity index (χ4v) is 7.81. The molecule has 2 unspecified atom stereocenters. The maximum atomic E-state index is 5.38. The van der Waals surface area contributed by atoms with E-state index in [9.17, 15) is 0 Å². The van der Waals surface area contributed by atoms with E-state index < -0.39 is 8.07 Å². The monoisotopic (exact) mass is 374 g/mol.